The normalized spacial score (nSPS) is 36.1. The van der Waals surface area contributed by atoms with Gasteiger partial charge in [-0.2, -0.15) is 0 Å². The van der Waals surface area contributed by atoms with Crippen LogP contribution < -0.4 is 0 Å². The van der Waals surface area contributed by atoms with E-state index in [0.717, 1.165) is 69.1 Å². The van der Waals surface area contributed by atoms with E-state index in [-0.39, 0.29) is 58.2 Å². The number of esters is 4. The summed E-state index contributed by atoms with van der Waals surface area (Å²) in [6.45, 7) is 27.1. The van der Waals surface area contributed by atoms with Gasteiger partial charge in [-0.25, -0.2) is 4.79 Å². The van der Waals surface area contributed by atoms with E-state index in [1.807, 2.05) is 62.3 Å². The first-order valence-corrected chi connectivity index (χ1v) is 25.8. The number of carboxylic acid groups (broad SMARTS) is 1. The highest BCUT2D eigenvalue weighted by atomic mass is 16.6. The fraction of sp³-hybridized carbons (Fsp3) is 0.907. The molecule has 1 aliphatic heterocycles. The van der Waals surface area contributed by atoms with Gasteiger partial charge in [0.15, 0.2) is 0 Å². The highest BCUT2D eigenvalue weighted by Gasteiger charge is 2.65. The Morgan fingerprint density at radius 1 is 0.606 bits per heavy atom. The molecule has 10 rings (SSSR count). The third kappa shape index (κ3) is 11.6. The summed E-state index contributed by atoms with van der Waals surface area (Å²) in [5, 5.41) is 29.8. The highest BCUT2D eigenvalue weighted by molar-refractivity contribution is 5.83. The molecule has 0 aromatic heterocycles. The van der Waals surface area contributed by atoms with E-state index in [2.05, 4.69) is 20.8 Å². The molecule has 9 saturated carbocycles. The molecule has 0 aromatic rings. The van der Waals surface area contributed by atoms with Gasteiger partial charge in [-0.15, -0.1) is 0 Å². The van der Waals surface area contributed by atoms with Gasteiger partial charge in [0.05, 0.1) is 32.9 Å². The summed E-state index contributed by atoms with van der Waals surface area (Å²) in [7, 11) is 0. The zero-order chi connectivity index (χ0) is 49.7. The van der Waals surface area contributed by atoms with Crippen LogP contribution in [0.4, 0.5) is 0 Å². The van der Waals surface area contributed by atoms with Crippen molar-refractivity contribution in [1.82, 2.24) is 0 Å². The van der Waals surface area contributed by atoms with Gasteiger partial charge in [-0.05, 0) is 196 Å². The molecule has 1 heterocycles. The number of ether oxygens (including phenoxy) is 4. The summed E-state index contributed by atoms with van der Waals surface area (Å²) >= 11 is 0. The fourth-order valence-corrected chi connectivity index (χ4v) is 12.9. The second-order valence-corrected chi connectivity index (χ2v) is 25.8. The maximum atomic E-state index is 12.6. The molecular formula is C54H90O12. The Kier molecular flexibility index (Phi) is 15.8. The molecule has 0 spiro atoms. The molecule has 2 unspecified atom stereocenters. The summed E-state index contributed by atoms with van der Waals surface area (Å²) in [5.74, 6) is 1.46. The number of carbonyl (C=O) groups excluding carboxylic acids is 4. The van der Waals surface area contributed by atoms with Gasteiger partial charge in [0.1, 0.15) is 17.3 Å². The molecule has 10 fully saturated rings. The number of carbonyl (C=O) groups is 5. The van der Waals surface area contributed by atoms with E-state index in [1.54, 1.807) is 13.8 Å². The second-order valence-electron chi connectivity index (χ2n) is 25.8. The highest BCUT2D eigenvalue weighted by Crippen LogP contribution is 2.65. The molecule has 0 aromatic carbocycles. The fourth-order valence-electron chi connectivity index (χ4n) is 12.9. The van der Waals surface area contributed by atoms with Crippen molar-refractivity contribution in [2.45, 2.75) is 254 Å². The van der Waals surface area contributed by atoms with Crippen LogP contribution in [0.15, 0.2) is 0 Å². The summed E-state index contributed by atoms with van der Waals surface area (Å²) in [6.07, 6.45) is 17.0. The predicted molar refractivity (Wildman–Crippen MR) is 252 cm³/mol. The van der Waals surface area contributed by atoms with Crippen LogP contribution in [0.2, 0.25) is 0 Å². The molecule has 8 bridgehead atoms. The Balaban J connectivity index is 0.000000172. The lowest BCUT2D eigenvalue weighted by molar-refractivity contribution is -0.264. The summed E-state index contributed by atoms with van der Waals surface area (Å²) in [5.41, 5.74) is -4.33. The lowest BCUT2D eigenvalue weighted by Crippen LogP contribution is -2.67. The van der Waals surface area contributed by atoms with Gasteiger partial charge in [-0.1, -0.05) is 27.7 Å². The maximum absolute atomic E-state index is 12.6. The van der Waals surface area contributed by atoms with Crippen LogP contribution in [0.25, 0.3) is 0 Å². The molecule has 12 nitrogen and oxygen atoms in total. The van der Waals surface area contributed by atoms with Gasteiger partial charge in [0.2, 0.25) is 6.10 Å². The third-order valence-corrected chi connectivity index (χ3v) is 18.3. The lowest BCUT2D eigenvalue weighted by Gasteiger charge is -2.62. The number of hydrogen-bond donors (Lipinski definition) is 3. The minimum Gasteiger partial charge on any atom is -0.481 e. The van der Waals surface area contributed by atoms with E-state index in [1.165, 1.54) is 38.5 Å². The first kappa shape index (κ1) is 54.2. The molecule has 378 valence electrons. The van der Waals surface area contributed by atoms with Crippen LogP contribution in [0, 0.1) is 56.7 Å². The SMILES string of the molecule is CCC(C)(C)C(=O)O.CCC(C)(C)C(=O)OC(C)(C)C12CC3CC(CC(C3)C1)C2.CCC(C)(C)C(=O)OC12CC3CC(O)(CC(O)(C3)C1)C2.CCC(C)(C)C(=O)O[C@@H]1C(=O)O[C@@H]2CCC[C@H]12. The Morgan fingerprint density at radius 2 is 1.06 bits per heavy atom. The topological polar surface area (TPSA) is 183 Å². The molecule has 9 aliphatic carbocycles. The molecule has 12 heteroatoms. The molecule has 1 saturated heterocycles. The van der Waals surface area contributed by atoms with Crippen LogP contribution in [0.5, 0.6) is 0 Å². The number of fused-ring (bicyclic) bond motifs is 1. The average Bonchev–Trinajstić information content (AvgIpc) is 3.77. The van der Waals surface area contributed by atoms with E-state index in [9.17, 15) is 34.2 Å². The summed E-state index contributed by atoms with van der Waals surface area (Å²) in [4.78, 5) is 58.8. The summed E-state index contributed by atoms with van der Waals surface area (Å²) < 4.78 is 22.6. The van der Waals surface area contributed by atoms with Crippen molar-refractivity contribution in [3.63, 3.8) is 0 Å². The molecule has 66 heavy (non-hydrogen) atoms. The van der Waals surface area contributed by atoms with Crippen molar-refractivity contribution >= 4 is 29.8 Å². The Hall–Kier alpha value is -2.73. The molecule has 0 radical (unpaired) electrons. The van der Waals surface area contributed by atoms with Crippen LogP contribution >= 0.6 is 0 Å². The maximum Gasteiger partial charge on any atom is 0.348 e. The standard InChI is InChI=1S/C19H32O2.C16H26O4.C13H20O4.C6H12O2/c1-6-17(2,3)16(20)21-18(4,5)19-10-13-7-14(11-19)9-15(8-13)12-19;1-4-13(2,3)12(17)20-16-7-11-5-14(18,9-16)8-15(19,6-11)10-16;1-4-13(2,3)12(15)17-10-8-6-5-7-9(8)16-11(10)14;1-4-6(2,3)5(7)8/h13-15H,6-12H2,1-5H3;11,18-19H,4-10H2,1-3H3;8-10H,4-7H2,1-3H3;4H2,1-3H3,(H,7,8)/t;;8-,9+,10-;/m..0./s1. The number of rotatable bonds is 12. The molecule has 5 atom stereocenters. The molecule has 0 amide bonds. The van der Waals surface area contributed by atoms with Crippen molar-refractivity contribution in [2.24, 2.45) is 56.7 Å². The number of carboxylic acids is 1. The van der Waals surface area contributed by atoms with Crippen molar-refractivity contribution in [3.05, 3.63) is 0 Å². The van der Waals surface area contributed by atoms with Crippen LogP contribution in [0.3, 0.4) is 0 Å². The van der Waals surface area contributed by atoms with Gasteiger partial charge in [0, 0.05) is 30.6 Å². The number of hydrogen-bond acceptors (Lipinski definition) is 11. The predicted octanol–water partition coefficient (Wildman–Crippen LogP) is 10.7. The van der Waals surface area contributed by atoms with Crippen molar-refractivity contribution in [2.75, 3.05) is 0 Å². The Bertz CT molecular complexity index is 1740. The van der Waals surface area contributed by atoms with Gasteiger partial charge in [0.25, 0.3) is 0 Å². The Morgan fingerprint density at radius 3 is 1.48 bits per heavy atom. The van der Waals surface area contributed by atoms with Crippen LogP contribution in [-0.2, 0) is 42.9 Å². The second kappa shape index (κ2) is 19.2. The molecular weight excluding hydrogens is 841 g/mol. The van der Waals surface area contributed by atoms with E-state index < -0.39 is 45.1 Å². The zero-order valence-electron chi connectivity index (χ0n) is 43.5. The van der Waals surface area contributed by atoms with E-state index in [4.69, 9.17) is 24.1 Å². The largest absolute Gasteiger partial charge is 0.481 e. The van der Waals surface area contributed by atoms with E-state index >= 15 is 0 Å². The molecule has 3 N–H and O–H groups in total. The monoisotopic (exact) mass is 931 g/mol. The number of aliphatic carboxylic acids is 1. The van der Waals surface area contributed by atoms with Gasteiger partial charge >= 0.3 is 29.8 Å². The zero-order valence-corrected chi connectivity index (χ0v) is 43.5. The van der Waals surface area contributed by atoms with Crippen molar-refractivity contribution in [1.29, 1.82) is 0 Å². The van der Waals surface area contributed by atoms with Gasteiger partial charge in [-0.3, -0.25) is 19.2 Å². The average molecular weight is 931 g/mol. The molecule has 10 aliphatic rings. The quantitative estimate of drug-likeness (QED) is 0.125. The van der Waals surface area contributed by atoms with Crippen molar-refractivity contribution in [3.8, 4) is 0 Å². The first-order chi connectivity index (χ1) is 30.2. The van der Waals surface area contributed by atoms with E-state index in [0.29, 0.717) is 32.1 Å². The first-order valence-electron chi connectivity index (χ1n) is 25.8. The van der Waals surface area contributed by atoms with Crippen LogP contribution in [0.1, 0.15) is 219 Å². The van der Waals surface area contributed by atoms with Crippen molar-refractivity contribution < 1.29 is 58.2 Å². The minimum atomic E-state index is -0.842. The minimum absolute atomic E-state index is 0.00857. The van der Waals surface area contributed by atoms with Gasteiger partial charge < -0.3 is 34.3 Å². The smallest absolute Gasteiger partial charge is 0.348 e. The third-order valence-electron chi connectivity index (χ3n) is 18.3. The van der Waals surface area contributed by atoms with Crippen LogP contribution in [-0.4, -0.2) is 79.8 Å². The number of aliphatic hydroxyl groups is 2. The summed E-state index contributed by atoms with van der Waals surface area (Å²) in [6, 6.07) is 0. The lowest BCUT2D eigenvalue weighted by atomic mass is 9.46. The Labute approximate surface area is 397 Å².